The van der Waals surface area contributed by atoms with Crippen molar-refractivity contribution in [3.8, 4) is 11.5 Å². The number of sulfonamides is 1. The Morgan fingerprint density at radius 1 is 0.958 bits per heavy atom. The van der Waals surface area contributed by atoms with Crippen LogP contribution in [0.5, 0.6) is 11.5 Å². The lowest BCUT2D eigenvalue weighted by Crippen LogP contribution is -2.42. The fourth-order valence-corrected chi connectivity index (χ4v) is 8.45. The molecule has 1 atom stereocenters. The highest BCUT2D eigenvalue weighted by atomic mass is 32.2. The van der Waals surface area contributed by atoms with Crippen LogP contribution in [0.4, 0.5) is 0 Å². The summed E-state index contributed by atoms with van der Waals surface area (Å²) in [6, 6.07) is 23.9. The number of thiazole rings is 1. The number of aliphatic carboxylic acids is 1. The molecule has 0 aliphatic carbocycles. The van der Waals surface area contributed by atoms with Crippen molar-refractivity contribution in [2.75, 3.05) is 20.3 Å². The minimum absolute atomic E-state index is 0.0594. The van der Waals surface area contributed by atoms with Gasteiger partial charge < -0.3 is 14.6 Å². The van der Waals surface area contributed by atoms with E-state index in [0.717, 1.165) is 15.0 Å². The van der Waals surface area contributed by atoms with E-state index in [1.54, 1.807) is 61.7 Å². The van der Waals surface area contributed by atoms with Crippen LogP contribution < -0.4 is 14.2 Å². The number of amides is 2. The second kappa shape index (κ2) is 14.2. The van der Waals surface area contributed by atoms with Crippen molar-refractivity contribution in [3.63, 3.8) is 0 Å². The van der Waals surface area contributed by atoms with Gasteiger partial charge in [0, 0.05) is 11.4 Å². The molecule has 4 aromatic carbocycles. The number of hydrogen-bond acceptors (Lipinski definition) is 10. The van der Waals surface area contributed by atoms with E-state index in [2.05, 4.69) is 9.71 Å². The maximum Gasteiger partial charge on any atom is 0.322 e. The third-order valence-electron chi connectivity index (χ3n) is 7.55. The molecule has 2 N–H and O–H groups in total. The standard InChI is InChI=1S/C34H29N3O8S3/c1-44-22-11-13-24(14-12-22)46-34-35-28-16-15-25(20-30(28)47-34)48(42,43)36-29(33(40)41)19-21-7-9-23(10-8-21)45-18-4-17-37-31(38)26-5-2-3-6-27(26)32(37)39/h2-3,5-16,20,29,36H,4,17-19H2,1H3,(H,40,41)/t29-/m1/s1. The molecular formula is C34H29N3O8S3. The molecule has 0 radical (unpaired) electrons. The average molecular weight is 704 g/mol. The summed E-state index contributed by atoms with van der Waals surface area (Å²) in [4.78, 5) is 43.8. The molecular weight excluding hydrogens is 675 g/mol. The summed E-state index contributed by atoms with van der Waals surface area (Å²) in [7, 11) is -2.58. The summed E-state index contributed by atoms with van der Waals surface area (Å²) >= 11 is 2.79. The molecule has 0 spiro atoms. The lowest BCUT2D eigenvalue weighted by atomic mass is 10.1. The molecule has 246 valence electrons. The first-order chi connectivity index (χ1) is 23.1. The monoisotopic (exact) mass is 703 g/mol. The summed E-state index contributed by atoms with van der Waals surface area (Å²) < 4.78 is 41.2. The Kier molecular flexibility index (Phi) is 9.78. The predicted octanol–water partition coefficient (Wildman–Crippen LogP) is 5.50. The van der Waals surface area contributed by atoms with Crippen LogP contribution in [0.1, 0.15) is 32.7 Å². The molecule has 0 unspecified atom stereocenters. The van der Waals surface area contributed by atoms with E-state index in [1.165, 1.54) is 40.1 Å². The number of imide groups is 1. The highest BCUT2D eigenvalue weighted by Crippen LogP contribution is 2.36. The molecule has 14 heteroatoms. The molecule has 0 fully saturated rings. The second-order valence-electron chi connectivity index (χ2n) is 10.8. The zero-order chi connectivity index (χ0) is 33.8. The van der Waals surface area contributed by atoms with Gasteiger partial charge in [-0.15, -0.1) is 11.3 Å². The summed E-state index contributed by atoms with van der Waals surface area (Å²) in [6.45, 7) is 0.459. The molecule has 2 heterocycles. The zero-order valence-electron chi connectivity index (χ0n) is 25.5. The van der Waals surface area contributed by atoms with E-state index in [4.69, 9.17) is 9.47 Å². The van der Waals surface area contributed by atoms with Gasteiger partial charge in [0.25, 0.3) is 11.8 Å². The van der Waals surface area contributed by atoms with Crippen LogP contribution in [0.25, 0.3) is 10.2 Å². The molecule has 48 heavy (non-hydrogen) atoms. The number of methoxy groups -OCH3 is 1. The largest absolute Gasteiger partial charge is 0.497 e. The quantitative estimate of drug-likeness (QED) is 0.112. The predicted molar refractivity (Wildman–Crippen MR) is 181 cm³/mol. The Morgan fingerprint density at radius 2 is 1.62 bits per heavy atom. The SMILES string of the molecule is COc1ccc(Sc2nc3ccc(S(=O)(=O)N[C@H](Cc4ccc(OCCCN5C(=O)c6ccccc6C5=O)cc4)C(=O)O)cc3s2)cc1. The molecule has 1 aromatic heterocycles. The van der Waals surface area contributed by atoms with Crippen molar-refractivity contribution in [1.29, 1.82) is 0 Å². The zero-order valence-corrected chi connectivity index (χ0v) is 27.9. The number of nitrogens with one attached hydrogen (secondary N) is 1. The molecule has 6 rings (SSSR count). The summed E-state index contributed by atoms with van der Waals surface area (Å²) in [5, 5.41) is 9.85. The Hall–Kier alpha value is -4.76. The minimum Gasteiger partial charge on any atom is -0.497 e. The van der Waals surface area contributed by atoms with Crippen molar-refractivity contribution in [1.82, 2.24) is 14.6 Å². The van der Waals surface area contributed by atoms with Crippen LogP contribution >= 0.6 is 23.1 Å². The fraction of sp³-hybridized carbons (Fsp3) is 0.176. The number of hydrogen-bond donors (Lipinski definition) is 2. The number of nitrogens with zero attached hydrogens (tertiary/aromatic N) is 2. The first-order valence-corrected chi connectivity index (χ1v) is 17.9. The van der Waals surface area contributed by atoms with Crippen molar-refractivity contribution in [3.05, 3.63) is 108 Å². The molecule has 11 nitrogen and oxygen atoms in total. The van der Waals surface area contributed by atoms with Gasteiger partial charge >= 0.3 is 5.97 Å². The Morgan fingerprint density at radius 3 is 2.27 bits per heavy atom. The van der Waals surface area contributed by atoms with Crippen LogP contribution in [0.2, 0.25) is 0 Å². The van der Waals surface area contributed by atoms with E-state index in [-0.39, 0.29) is 36.3 Å². The van der Waals surface area contributed by atoms with E-state index >= 15 is 0 Å². The number of ether oxygens (including phenoxy) is 2. The minimum atomic E-state index is -4.18. The molecule has 5 aromatic rings. The molecule has 1 aliphatic heterocycles. The number of carboxylic acid groups (broad SMARTS) is 1. The van der Waals surface area contributed by atoms with Crippen LogP contribution in [-0.2, 0) is 21.2 Å². The highest BCUT2D eigenvalue weighted by Gasteiger charge is 2.34. The van der Waals surface area contributed by atoms with Gasteiger partial charge in [0.15, 0.2) is 4.34 Å². The van der Waals surface area contributed by atoms with Gasteiger partial charge in [0.2, 0.25) is 10.0 Å². The van der Waals surface area contributed by atoms with Crippen LogP contribution in [0.3, 0.4) is 0 Å². The van der Waals surface area contributed by atoms with Crippen molar-refractivity contribution >= 4 is 61.1 Å². The molecule has 2 amide bonds. The summed E-state index contributed by atoms with van der Waals surface area (Å²) in [5.74, 6) is -0.702. The van der Waals surface area contributed by atoms with Crippen LogP contribution in [0, 0.1) is 0 Å². The van der Waals surface area contributed by atoms with Crippen LogP contribution in [0.15, 0.2) is 105 Å². The number of carbonyl (C=O) groups is 3. The molecule has 1 aliphatic rings. The number of benzene rings is 4. The number of carbonyl (C=O) groups excluding carboxylic acids is 2. The topological polar surface area (TPSA) is 152 Å². The van der Waals surface area contributed by atoms with E-state index in [9.17, 15) is 27.9 Å². The van der Waals surface area contributed by atoms with Gasteiger partial charge in [-0.3, -0.25) is 19.3 Å². The van der Waals surface area contributed by atoms with E-state index < -0.39 is 22.0 Å². The highest BCUT2D eigenvalue weighted by molar-refractivity contribution is 8.01. The first kappa shape index (κ1) is 33.2. The third-order valence-corrected chi connectivity index (χ3v) is 11.1. The van der Waals surface area contributed by atoms with Crippen LogP contribution in [-0.4, -0.2) is 67.5 Å². The number of fused-ring (bicyclic) bond motifs is 2. The van der Waals surface area contributed by atoms with Gasteiger partial charge in [0.05, 0.1) is 40.0 Å². The smallest absolute Gasteiger partial charge is 0.322 e. The number of rotatable bonds is 14. The van der Waals surface area contributed by atoms with E-state index in [1.807, 2.05) is 24.3 Å². The lowest BCUT2D eigenvalue weighted by Gasteiger charge is -2.16. The average Bonchev–Trinajstić information content (AvgIpc) is 3.60. The molecule has 0 saturated carbocycles. The lowest BCUT2D eigenvalue weighted by molar-refractivity contribution is -0.138. The Balaban J connectivity index is 1.03. The molecule has 0 bridgehead atoms. The van der Waals surface area contributed by atoms with Gasteiger partial charge in [-0.2, -0.15) is 4.72 Å². The second-order valence-corrected chi connectivity index (χ2v) is 14.8. The Labute approximate surface area is 284 Å². The van der Waals surface area contributed by atoms with Gasteiger partial charge in [0.1, 0.15) is 17.5 Å². The first-order valence-electron chi connectivity index (χ1n) is 14.8. The van der Waals surface area contributed by atoms with Gasteiger partial charge in [-0.05, 0) is 85.1 Å². The Bertz CT molecular complexity index is 2060. The van der Waals surface area contributed by atoms with Crippen molar-refractivity contribution < 1.29 is 37.4 Å². The van der Waals surface area contributed by atoms with Crippen molar-refractivity contribution in [2.24, 2.45) is 0 Å². The van der Waals surface area contributed by atoms with E-state index in [0.29, 0.717) is 39.1 Å². The molecule has 0 saturated heterocycles. The number of carboxylic acids is 1. The maximum atomic E-state index is 13.3. The van der Waals surface area contributed by atoms with Gasteiger partial charge in [-0.25, -0.2) is 13.4 Å². The summed E-state index contributed by atoms with van der Waals surface area (Å²) in [6.07, 6.45) is 0.326. The third kappa shape index (κ3) is 7.36. The summed E-state index contributed by atoms with van der Waals surface area (Å²) in [5.41, 5.74) is 2.02. The normalized spacial score (nSPS) is 13.5. The van der Waals surface area contributed by atoms with Gasteiger partial charge in [-0.1, -0.05) is 36.0 Å². The van der Waals surface area contributed by atoms with Crippen molar-refractivity contribution in [2.45, 2.75) is 33.0 Å². The number of aromatic nitrogens is 1. The fourth-order valence-electron chi connectivity index (χ4n) is 5.09. The maximum absolute atomic E-state index is 13.3.